The lowest BCUT2D eigenvalue weighted by Gasteiger charge is -2.15. The van der Waals surface area contributed by atoms with E-state index in [0.717, 1.165) is 11.1 Å². The van der Waals surface area contributed by atoms with Gasteiger partial charge in [0.15, 0.2) is 0 Å². The molecule has 0 fully saturated rings. The van der Waals surface area contributed by atoms with Crippen LogP contribution in [0.5, 0.6) is 0 Å². The summed E-state index contributed by atoms with van der Waals surface area (Å²) in [4.78, 5) is 22.8. The number of nitro benzene ring substituents is 1. The summed E-state index contributed by atoms with van der Waals surface area (Å²) in [5.41, 5.74) is 2.80. The van der Waals surface area contributed by atoms with Crippen LogP contribution in [0.4, 0.5) is 5.69 Å². The molecule has 1 amide bonds. The minimum atomic E-state index is -0.477. The van der Waals surface area contributed by atoms with Crippen LogP contribution in [0.1, 0.15) is 40.0 Å². The van der Waals surface area contributed by atoms with Gasteiger partial charge < -0.3 is 5.32 Å². The lowest BCUT2D eigenvalue weighted by atomic mass is 10.0. The molecule has 0 aliphatic heterocycles. The van der Waals surface area contributed by atoms with Crippen molar-refractivity contribution in [3.63, 3.8) is 0 Å². The lowest BCUT2D eigenvalue weighted by Crippen LogP contribution is -2.27. The molecule has 0 aliphatic carbocycles. The van der Waals surface area contributed by atoms with Gasteiger partial charge in [0.1, 0.15) is 0 Å². The Balaban J connectivity index is 2.20. The molecule has 0 spiro atoms. The molecule has 22 heavy (non-hydrogen) atoms. The second-order valence-corrected chi connectivity index (χ2v) is 5.31. The summed E-state index contributed by atoms with van der Waals surface area (Å²) in [5, 5.41) is 13.8. The second kappa shape index (κ2) is 6.39. The maximum Gasteiger partial charge on any atom is 0.273 e. The van der Waals surface area contributed by atoms with E-state index in [4.69, 9.17) is 0 Å². The molecule has 2 aromatic rings. The molecule has 2 aromatic carbocycles. The van der Waals surface area contributed by atoms with Crippen molar-refractivity contribution in [2.24, 2.45) is 0 Å². The number of hydrogen-bond acceptors (Lipinski definition) is 3. The van der Waals surface area contributed by atoms with Gasteiger partial charge in [-0.15, -0.1) is 0 Å². The van der Waals surface area contributed by atoms with Gasteiger partial charge in [-0.25, -0.2) is 0 Å². The highest BCUT2D eigenvalue weighted by atomic mass is 16.6. The highest BCUT2D eigenvalue weighted by molar-refractivity contribution is 5.96. The van der Waals surface area contributed by atoms with Crippen molar-refractivity contribution in [3.05, 3.63) is 74.8 Å². The van der Waals surface area contributed by atoms with E-state index in [1.807, 2.05) is 38.1 Å². The molecule has 5 nitrogen and oxygen atoms in total. The van der Waals surface area contributed by atoms with E-state index in [-0.39, 0.29) is 17.6 Å². The Morgan fingerprint density at radius 3 is 2.36 bits per heavy atom. The zero-order valence-electron chi connectivity index (χ0n) is 12.8. The maximum atomic E-state index is 12.4. The molecule has 0 radical (unpaired) electrons. The average Bonchev–Trinajstić information content (AvgIpc) is 2.47. The van der Waals surface area contributed by atoms with Gasteiger partial charge in [-0.1, -0.05) is 35.9 Å². The fourth-order valence-corrected chi connectivity index (χ4v) is 2.28. The molecule has 0 aromatic heterocycles. The largest absolute Gasteiger partial charge is 0.346 e. The molecule has 0 heterocycles. The number of rotatable bonds is 4. The third kappa shape index (κ3) is 3.31. The Labute approximate surface area is 129 Å². The van der Waals surface area contributed by atoms with Gasteiger partial charge in [-0.05, 0) is 32.4 Å². The van der Waals surface area contributed by atoms with Gasteiger partial charge >= 0.3 is 0 Å². The summed E-state index contributed by atoms with van der Waals surface area (Å²) >= 11 is 0. The van der Waals surface area contributed by atoms with Crippen molar-refractivity contribution < 1.29 is 9.72 Å². The van der Waals surface area contributed by atoms with Crippen LogP contribution in [0.25, 0.3) is 0 Å². The highest BCUT2D eigenvalue weighted by Crippen LogP contribution is 2.22. The number of aryl methyl sites for hydroxylation is 1. The predicted octanol–water partition coefficient (Wildman–Crippen LogP) is 3.70. The third-order valence-electron chi connectivity index (χ3n) is 3.67. The molecule has 1 N–H and O–H groups in total. The lowest BCUT2D eigenvalue weighted by molar-refractivity contribution is -0.385. The number of nitrogens with one attached hydrogen (secondary N) is 1. The van der Waals surface area contributed by atoms with E-state index in [1.54, 1.807) is 13.0 Å². The molecule has 1 atom stereocenters. The van der Waals surface area contributed by atoms with Crippen LogP contribution in [-0.4, -0.2) is 10.8 Å². The van der Waals surface area contributed by atoms with Crippen LogP contribution < -0.4 is 5.32 Å². The summed E-state index contributed by atoms with van der Waals surface area (Å²) in [6.45, 7) is 5.47. The van der Waals surface area contributed by atoms with Crippen molar-refractivity contribution in [1.82, 2.24) is 5.32 Å². The number of benzene rings is 2. The molecule has 5 heteroatoms. The zero-order chi connectivity index (χ0) is 16.3. The van der Waals surface area contributed by atoms with E-state index in [1.165, 1.54) is 12.1 Å². The van der Waals surface area contributed by atoms with Gasteiger partial charge in [-0.2, -0.15) is 0 Å². The second-order valence-electron chi connectivity index (χ2n) is 5.31. The molecular formula is C17H18N2O3. The molecule has 114 valence electrons. The van der Waals surface area contributed by atoms with Crippen LogP contribution in [0.2, 0.25) is 0 Å². The number of nitrogens with zero attached hydrogens (tertiary/aromatic N) is 1. The normalized spacial score (nSPS) is 11.8. The van der Waals surface area contributed by atoms with Crippen molar-refractivity contribution in [1.29, 1.82) is 0 Å². The smallest absolute Gasteiger partial charge is 0.273 e. The first-order chi connectivity index (χ1) is 10.4. The Hall–Kier alpha value is -2.69. The molecule has 0 saturated carbocycles. The number of carbonyl (C=O) groups excluding carboxylic acids is 1. The van der Waals surface area contributed by atoms with Crippen LogP contribution >= 0.6 is 0 Å². The fraction of sp³-hybridized carbons (Fsp3) is 0.235. The minimum absolute atomic E-state index is 0.0457. The van der Waals surface area contributed by atoms with E-state index >= 15 is 0 Å². The van der Waals surface area contributed by atoms with Crippen LogP contribution in [0, 0.1) is 24.0 Å². The van der Waals surface area contributed by atoms with Gasteiger partial charge in [0.25, 0.3) is 11.6 Å². The monoisotopic (exact) mass is 298 g/mol. The van der Waals surface area contributed by atoms with E-state index < -0.39 is 4.92 Å². The Kier molecular flexibility index (Phi) is 4.56. The Morgan fingerprint density at radius 1 is 1.14 bits per heavy atom. The summed E-state index contributed by atoms with van der Waals surface area (Å²) < 4.78 is 0. The minimum Gasteiger partial charge on any atom is -0.346 e. The number of carbonyl (C=O) groups is 1. The predicted molar refractivity (Wildman–Crippen MR) is 84.9 cm³/mol. The number of nitro groups is 1. The number of amides is 1. The fourth-order valence-electron chi connectivity index (χ4n) is 2.28. The molecule has 2 rings (SSSR count). The quantitative estimate of drug-likeness (QED) is 0.691. The summed E-state index contributed by atoms with van der Waals surface area (Å²) in [5.74, 6) is -0.311. The first-order valence-electron chi connectivity index (χ1n) is 7.01. The topological polar surface area (TPSA) is 72.2 Å². The van der Waals surface area contributed by atoms with Crippen LogP contribution in [0.15, 0.2) is 42.5 Å². The number of hydrogen-bond donors (Lipinski definition) is 1. The van der Waals surface area contributed by atoms with Crippen molar-refractivity contribution in [2.45, 2.75) is 26.8 Å². The Morgan fingerprint density at radius 2 is 1.77 bits per heavy atom. The molecule has 0 saturated heterocycles. The highest BCUT2D eigenvalue weighted by Gasteiger charge is 2.19. The SMILES string of the molecule is Cc1ccc([C@H](C)NC(=O)c2cccc([N+](=O)[O-])c2C)cc1. The summed E-state index contributed by atoms with van der Waals surface area (Å²) in [7, 11) is 0. The van der Waals surface area contributed by atoms with Crippen molar-refractivity contribution in [2.75, 3.05) is 0 Å². The van der Waals surface area contributed by atoms with E-state index in [0.29, 0.717) is 11.1 Å². The van der Waals surface area contributed by atoms with Gasteiger partial charge in [0.2, 0.25) is 0 Å². The van der Waals surface area contributed by atoms with Crippen LogP contribution in [0.3, 0.4) is 0 Å². The Bertz CT molecular complexity index is 708. The molecular weight excluding hydrogens is 280 g/mol. The molecule has 0 unspecified atom stereocenters. The van der Waals surface area contributed by atoms with Crippen molar-refractivity contribution in [3.8, 4) is 0 Å². The average molecular weight is 298 g/mol. The molecule has 0 bridgehead atoms. The first kappa shape index (κ1) is 15.7. The van der Waals surface area contributed by atoms with Gasteiger partial charge in [0.05, 0.1) is 11.0 Å². The van der Waals surface area contributed by atoms with E-state index in [2.05, 4.69) is 5.32 Å². The first-order valence-corrected chi connectivity index (χ1v) is 7.01. The standard InChI is InChI=1S/C17H18N2O3/c1-11-7-9-14(10-8-11)13(3)18-17(20)15-5-4-6-16(12(15)2)19(21)22/h4-10,13H,1-3H3,(H,18,20)/t13-/m0/s1. The van der Waals surface area contributed by atoms with Gasteiger partial charge in [0, 0.05) is 17.2 Å². The van der Waals surface area contributed by atoms with Crippen molar-refractivity contribution >= 4 is 11.6 Å². The van der Waals surface area contributed by atoms with Gasteiger partial charge in [-0.3, -0.25) is 14.9 Å². The maximum absolute atomic E-state index is 12.4. The third-order valence-corrected chi connectivity index (χ3v) is 3.67. The van der Waals surface area contributed by atoms with Crippen LogP contribution in [-0.2, 0) is 0 Å². The van der Waals surface area contributed by atoms with E-state index in [9.17, 15) is 14.9 Å². The zero-order valence-corrected chi connectivity index (χ0v) is 12.8. The summed E-state index contributed by atoms with van der Waals surface area (Å²) in [6, 6.07) is 12.2. The molecule has 0 aliphatic rings. The summed E-state index contributed by atoms with van der Waals surface area (Å²) in [6.07, 6.45) is 0.